The molecule has 1 aliphatic heterocycles. The number of amides is 2. The Kier molecular flexibility index (Phi) is 8.91. The highest BCUT2D eigenvalue weighted by molar-refractivity contribution is 7.10. The third kappa shape index (κ3) is 6.91. The molecule has 34 heavy (non-hydrogen) atoms. The maximum absolute atomic E-state index is 13.6. The van der Waals surface area contributed by atoms with Crippen LogP contribution >= 0.6 is 11.3 Å². The summed E-state index contributed by atoms with van der Waals surface area (Å²) >= 11 is 1.71. The normalized spacial score (nSPS) is 16.8. The lowest BCUT2D eigenvalue weighted by atomic mass is 9.84. The molecule has 1 aromatic heterocycles. The first-order chi connectivity index (χ1) is 16.1. The molecule has 2 unspecified atom stereocenters. The van der Waals surface area contributed by atoms with Gasteiger partial charge in [0.1, 0.15) is 5.82 Å². The van der Waals surface area contributed by atoms with E-state index in [-0.39, 0.29) is 41.6 Å². The van der Waals surface area contributed by atoms with Crippen LogP contribution in [-0.4, -0.2) is 41.2 Å². The lowest BCUT2D eigenvalue weighted by molar-refractivity contribution is -0.142. The molecule has 0 saturated carbocycles. The summed E-state index contributed by atoms with van der Waals surface area (Å²) in [7, 11) is 0. The highest BCUT2D eigenvalue weighted by atomic mass is 32.1. The van der Waals surface area contributed by atoms with Crippen LogP contribution in [0, 0.1) is 17.2 Å². The van der Waals surface area contributed by atoms with Crippen LogP contribution in [-0.2, 0) is 16.0 Å². The Hall–Kier alpha value is -2.21. The van der Waals surface area contributed by atoms with Crippen molar-refractivity contribution in [1.29, 1.82) is 0 Å². The monoisotopic (exact) mass is 486 g/mol. The lowest BCUT2D eigenvalue weighted by Crippen LogP contribution is -2.47. The maximum atomic E-state index is 13.6. The molecule has 0 radical (unpaired) electrons. The topological polar surface area (TPSA) is 40.6 Å². The van der Waals surface area contributed by atoms with E-state index in [9.17, 15) is 14.0 Å². The van der Waals surface area contributed by atoms with Gasteiger partial charge in [0.15, 0.2) is 0 Å². The molecule has 1 aliphatic rings. The Balaban J connectivity index is 1.79. The number of carbonyl (C=O) groups is 2. The zero-order chi connectivity index (χ0) is 24.9. The summed E-state index contributed by atoms with van der Waals surface area (Å²) in [5.74, 6) is -0.00467. The molecule has 0 bridgehead atoms. The van der Waals surface area contributed by atoms with Crippen molar-refractivity contribution in [3.63, 3.8) is 0 Å². The van der Waals surface area contributed by atoms with Gasteiger partial charge in [-0.05, 0) is 65.3 Å². The minimum Gasteiger partial charge on any atom is -0.333 e. The number of carbonyl (C=O) groups excluding carboxylic acids is 2. The Morgan fingerprint density at radius 3 is 2.56 bits per heavy atom. The second-order valence-corrected chi connectivity index (χ2v) is 11.8. The van der Waals surface area contributed by atoms with Gasteiger partial charge in [0.25, 0.3) is 0 Å². The van der Waals surface area contributed by atoms with Crippen molar-refractivity contribution in [2.45, 2.75) is 72.8 Å². The molecule has 1 aromatic carbocycles. The SMILES string of the molecule is CCCCN(CC(=O)N1CCc2sccc2C1c1ccc(F)cc1)C(=O)CC(C)CC(C)(C)C. The average molecular weight is 487 g/mol. The van der Waals surface area contributed by atoms with Crippen molar-refractivity contribution in [2.75, 3.05) is 19.6 Å². The van der Waals surface area contributed by atoms with Crippen LogP contribution in [0.4, 0.5) is 4.39 Å². The van der Waals surface area contributed by atoms with E-state index < -0.39 is 0 Å². The van der Waals surface area contributed by atoms with Crippen LogP contribution in [0.3, 0.4) is 0 Å². The standard InChI is InChI=1S/C28H39FN2O2S/c1-6-7-14-30(25(32)17-20(2)18-28(3,4)5)19-26(33)31-15-12-24-23(13-16-34-24)27(31)21-8-10-22(29)11-9-21/h8-11,13,16,20,27H,6-7,12,14-15,17-19H2,1-5H3. The van der Waals surface area contributed by atoms with Crippen molar-refractivity contribution < 1.29 is 14.0 Å². The van der Waals surface area contributed by atoms with Crippen molar-refractivity contribution >= 4 is 23.2 Å². The molecule has 0 aliphatic carbocycles. The van der Waals surface area contributed by atoms with Crippen molar-refractivity contribution in [3.8, 4) is 0 Å². The number of benzene rings is 1. The van der Waals surface area contributed by atoms with Crippen LogP contribution in [0.15, 0.2) is 35.7 Å². The second-order valence-electron chi connectivity index (χ2n) is 10.8. The zero-order valence-corrected chi connectivity index (χ0v) is 22.1. The van der Waals surface area contributed by atoms with Gasteiger partial charge in [-0.3, -0.25) is 9.59 Å². The number of fused-ring (bicyclic) bond motifs is 1. The molecule has 186 valence electrons. The van der Waals surface area contributed by atoms with E-state index >= 15 is 0 Å². The van der Waals surface area contributed by atoms with Crippen LogP contribution in [0.25, 0.3) is 0 Å². The summed E-state index contributed by atoms with van der Waals surface area (Å²) in [6.07, 6.45) is 4.08. The quantitative estimate of drug-likeness (QED) is 0.408. The summed E-state index contributed by atoms with van der Waals surface area (Å²) < 4.78 is 13.6. The fourth-order valence-electron chi connectivity index (χ4n) is 5.03. The predicted octanol–water partition coefficient (Wildman–Crippen LogP) is 6.45. The number of unbranched alkanes of at least 4 members (excludes halogenated alkanes) is 1. The highest BCUT2D eigenvalue weighted by Crippen LogP contribution is 2.38. The maximum Gasteiger partial charge on any atom is 0.242 e. The number of hydrogen-bond donors (Lipinski definition) is 0. The van der Waals surface area contributed by atoms with Crippen LogP contribution in [0.5, 0.6) is 0 Å². The average Bonchev–Trinajstić information content (AvgIpc) is 3.24. The molecule has 2 aromatic rings. The fraction of sp³-hybridized carbons (Fsp3) is 0.571. The number of thiophene rings is 1. The Labute approximate surface area is 208 Å². The van der Waals surface area contributed by atoms with Crippen molar-refractivity contribution in [2.24, 2.45) is 11.3 Å². The van der Waals surface area contributed by atoms with Crippen LogP contribution in [0.1, 0.15) is 82.3 Å². The molecule has 0 spiro atoms. The summed E-state index contributed by atoms with van der Waals surface area (Å²) in [5.41, 5.74) is 2.18. The second kappa shape index (κ2) is 11.5. The summed E-state index contributed by atoms with van der Waals surface area (Å²) in [4.78, 5) is 31.8. The predicted molar refractivity (Wildman–Crippen MR) is 137 cm³/mol. The van der Waals surface area contributed by atoms with E-state index in [1.807, 2.05) is 4.90 Å². The molecule has 2 atom stereocenters. The molecule has 4 nitrogen and oxygen atoms in total. The van der Waals surface area contributed by atoms with E-state index in [2.05, 4.69) is 46.1 Å². The summed E-state index contributed by atoms with van der Waals surface area (Å²) in [6, 6.07) is 8.26. The van der Waals surface area contributed by atoms with Gasteiger partial charge in [-0.1, -0.05) is 53.2 Å². The molecule has 2 heterocycles. The molecule has 2 amide bonds. The molecule has 3 rings (SSSR count). The summed E-state index contributed by atoms with van der Waals surface area (Å²) in [5, 5.41) is 2.06. The van der Waals surface area contributed by atoms with Gasteiger partial charge in [0.05, 0.1) is 12.6 Å². The number of rotatable bonds is 9. The van der Waals surface area contributed by atoms with Gasteiger partial charge in [-0.2, -0.15) is 0 Å². The van der Waals surface area contributed by atoms with E-state index in [1.54, 1.807) is 28.4 Å². The molecular formula is C28H39FN2O2S. The smallest absolute Gasteiger partial charge is 0.242 e. The Bertz CT molecular complexity index is 964. The van der Waals surface area contributed by atoms with Gasteiger partial charge >= 0.3 is 0 Å². The van der Waals surface area contributed by atoms with Crippen molar-refractivity contribution in [1.82, 2.24) is 9.80 Å². The van der Waals surface area contributed by atoms with E-state index in [1.165, 1.54) is 17.0 Å². The van der Waals surface area contributed by atoms with E-state index in [0.717, 1.165) is 36.8 Å². The molecular weight excluding hydrogens is 447 g/mol. The minimum absolute atomic E-state index is 0.0425. The first-order valence-corrected chi connectivity index (χ1v) is 13.4. The Morgan fingerprint density at radius 2 is 1.91 bits per heavy atom. The van der Waals surface area contributed by atoms with Gasteiger partial charge in [0.2, 0.25) is 11.8 Å². The number of halogens is 1. The summed E-state index contributed by atoms with van der Waals surface area (Å²) in [6.45, 7) is 12.1. The zero-order valence-electron chi connectivity index (χ0n) is 21.3. The molecule has 6 heteroatoms. The van der Waals surface area contributed by atoms with E-state index in [4.69, 9.17) is 0 Å². The largest absolute Gasteiger partial charge is 0.333 e. The van der Waals surface area contributed by atoms with Gasteiger partial charge in [-0.25, -0.2) is 4.39 Å². The Morgan fingerprint density at radius 1 is 1.21 bits per heavy atom. The number of nitrogens with zero attached hydrogens (tertiary/aromatic N) is 2. The molecule has 0 N–H and O–H groups in total. The van der Waals surface area contributed by atoms with Gasteiger partial charge < -0.3 is 9.80 Å². The molecule has 0 fully saturated rings. The van der Waals surface area contributed by atoms with Crippen LogP contribution < -0.4 is 0 Å². The third-order valence-corrected chi connectivity index (χ3v) is 7.41. The first-order valence-electron chi connectivity index (χ1n) is 12.5. The highest BCUT2D eigenvalue weighted by Gasteiger charge is 2.34. The van der Waals surface area contributed by atoms with Gasteiger partial charge in [-0.15, -0.1) is 11.3 Å². The lowest BCUT2D eigenvalue weighted by Gasteiger charge is -2.38. The van der Waals surface area contributed by atoms with Crippen molar-refractivity contribution in [3.05, 3.63) is 57.5 Å². The molecule has 0 saturated heterocycles. The van der Waals surface area contributed by atoms with Crippen LogP contribution in [0.2, 0.25) is 0 Å². The van der Waals surface area contributed by atoms with E-state index in [0.29, 0.717) is 19.5 Å². The fourth-order valence-corrected chi connectivity index (χ4v) is 5.93. The van der Waals surface area contributed by atoms with Gasteiger partial charge in [0, 0.05) is 24.4 Å². The number of hydrogen-bond acceptors (Lipinski definition) is 3. The first kappa shape index (κ1) is 26.4. The minimum atomic E-state index is -0.288. The third-order valence-electron chi connectivity index (χ3n) is 6.42.